The van der Waals surface area contributed by atoms with Gasteiger partial charge in [0.05, 0.1) is 16.3 Å². The van der Waals surface area contributed by atoms with E-state index in [0.717, 1.165) is 28.2 Å². The fraction of sp³-hybridized carbons (Fsp3) is 0.0417. The Balaban J connectivity index is 1.94. The van der Waals surface area contributed by atoms with Gasteiger partial charge in [0.25, 0.3) is 0 Å². The molecule has 0 aliphatic rings. The maximum Gasteiger partial charge on any atom is 0.434 e. The molecule has 0 saturated heterocycles. The topological polar surface area (TPSA) is 107 Å². The number of hydrazine groups is 1. The SMILES string of the molecule is N/C=C(/c1ccc(Cl)cc1)N(N)c1cc(-c2cccc([SH](=O)=O)c2)cc(F)c1-n1cnc(C(F)(F)F)c1. The number of anilines is 1. The molecule has 0 fully saturated rings. The van der Waals surface area contributed by atoms with Gasteiger partial charge in [0.15, 0.2) is 16.4 Å². The molecule has 37 heavy (non-hydrogen) atoms. The number of hydrogen-bond donors (Lipinski definition) is 3. The molecule has 0 radical (unpaired) electrons. The predicted molar refractivity (Wildman–Crippen MR) is 133 cm³/mol. The van der Waals surface area contributed by atoms with Gasteiger partial charge in [-0.05, 0) is 47.5 Å². The average molecular weight is 552 g/mol. The van der Waals surface area contributed by atoms with Gasteiger partial charge in [0.2, 0.25) is 0 Å². The third kappa shape index (κ3) is 5.45. The monoisotopic (exact) mass is 551 g/mol. The molecule has 0 spiro atoms. The van der Waals surface area contributed by atoms with Crippen LogP contribution in [0, 0.1) is 5.82 Å². The number of benzene rings is 3. The molecule has 0 unspecified atom stereocenters. The van der Waals surface area contributed by atoms with Crippen molar-refractivity contribution in [3.8, 4) is 16.8 Å². The molecule has 0 saturated carbocycles. The van der Waals surface area contributed by atoms with Gasteiger partial charge >= 0.3 is 6.18 Å². The van der Waals surface area contributed by atoms with Crippen molar-refractivity contribution in [1.29, 1.82) is 0 Å². The first-order valence-corrected chi connectivity index (χ1v) is 12.0. The molecule has 192 valence electrons. The van der Waals surface area contributed by atoms with Gasteiger partial charge in [-0.2, -0.15) is 13.2 Å². The Morgan fingerprint density at radius 1 is 1.05 bits per heavy atom. The van der Waals surface area contributed by atoms with Crippen molar-refractivity contribution < 1.29 is 26.0 Å². The second kappa shape index (κ2) is 10.2. The maximum atomic E-state index is 15.6. The molecule has 4 rings (SSSR count). The van der Waals surface area contributed by atoms with Crippen molar-refractivity contribution in [2.75, 3.05) is 5.01 Å². The van der Waals surface area contributed by atoms with Crippen LogP contribution >= 0.6 is 11.6 Å². The molecule has 0 aliphatic carbocycles. The van der Waals surface area contributed by atoms with E-state index in [4.69, 9.17) is 23.2 Å². The Kier molecular flexibility index (Phi) is 7.25. The van der Waals surface area contributed by atoms with Crippen LogP contribution in [0.2, 0.25) is 5.02 Å². The zero-order valence-electron chi connectivity index (χ0n) is 18.7. The lowest BCUT2D eigenvalue weighted by atomic mass is 10.0. The standard InChI is InChI=1S/C24H18ClF4N5O2S/c25-17-6-4-14(5-7-17)21(11-30)34(31)20-10-16(15-2-1-3-18(8-15)37(35)36)9-19(26)23(20)33-12-22(32-13-33)24(27,28)29/h1-13,37H,30-31H2/b21-11-. The van der Waals surface area contributed by atoms with Gasteiger partial charge in [-0.15, -0.1) is 0 Å². The van der Waals surface area contributed by atoms with E-state index in [1.54, 1.807) is 30.3 Å². The summed E-state index contributed by atoms with van der Waals surface area (Å²) in [6.45, 7) is 0. The molecule has 4 N–H and O–H groups in total. The van der Waals surface area contributed by atoms with Crippen molar-refractivity contribution in [3.63, 3.8) is 0 Å². The van der Waals surface area contributed by atoms with E-state index in [2.05, 4.69) is 4.98 Å². The van der Waals surface area contributed by atoms with Crippen LogP contribution in [0.25, 0.3) is 22.5 Å². The van der Waals surface area contributed by atoms with Gasteiger partial charge in [-0.1, -0.05) is 35.9 Å². The van der Waals surface area contributed by atoms with Crippen molar-refractivity contribution in [2.45, 2.75) is 11.1 Å². The minimum atomic E-state index is -4.76. The first kappa shape index (κ1) is 26.2. The van der Waals surface area contributed by atoms with Gasteiger partial charge < -0.3 is 10.3 Å². The summed E-state index contributed by atoms with van der Waals surface area (Å²) < 4.78 is 79.0. The lowest BCUT2D eigenvalue weighted by Crippen LogP contribution is -2.31. The Hall–Kier alpha value is -3.87. The van der Waals surface area contributed by atoms with Gasteiger partial charge in [-0.25, -0.2) is 23.6 Å². The Morgan fingerprint density at radius 3 is 2.35 bits per heavy atom. The number of hydrogen-bond acceptors (Lipinski definition) is 6. The molecule has 4 aromatic rings. The first-order valence-electron chi connectivity index (χ1n) is 10.4. The van der Waals surface area contributed by atoms with Crippen LogP contribution in [0.3, 0.4) is 0 Å². The van der Waals surface area contributed by atoms with Crippen LogP contribution in [-0.2, 0) is 16.9 Å². The quantitative estimate of drug-likeness (QED) is 0.135. The van der Waals surface area contributed by atoms with E-state index >= 15 is 4.39 Å². The summed E-state index contributed by atoms with van der Waals surface area (Å²) in [5, 5.41) is 1.45. The predicted octanol–water partition coefficient (Wildman–Crippen LogP) is 4.96. The second-order valence-corrected chi connectivity index (χ2v) is 9.19. The summed E-state index contributed by atoms with van der Waals surface area (Å²) in [5.74, 6) is 5.43. The second-order valence-electron chi connectivity index (χ2n) is 7.73. The van der Waals surface area contributed by atoms with Crippen LogP contribution in [-0.4, -0.2) is 18.0 Å². The molecule has 0 aliphatic heterocycles. The fourth-order valence-electron chi connectivity index (χ4n) is 3.65. The minimum Gasteiger partial charge on any atom is -0.403 e. The van der Waals surface area contributed by atoms with Crippen molar-refractivity contribution in [3.05, 3.63) is 101 Å². The highest BCUT2D eigenvalue weighted by atomic mass is 35.5. The Labute approximate surface area is 215 Å². The van der Waals surface area contributed by atoms with Crippen LogP contribution in [0.5, 0.6) is 0 Å². The Bertz CT molecular complexity index is 1560. The molecule has 0 bridgehead atoms. The average Bonchev–Trinajstić information content (AvgIpc) is 3.35. The number of imidazole rings is 1. The van der Waals surface area contributed by atoms with Crippen LogP contribution < -0.4 is 16.6 Å². The zero-order chi connectivity index (χ0) is 26.9. The van der Waals surface area contributed by atoms with Crippen molar-refractivity contribution in [1.82, 2.24) is 9.55 Å². The van der Waals surface area contributed by atoms with E-state index in [1.807, 2.05) is 0 Å². The Morgan fingerprint density at radius 2 is 1.76 bits per heavy atom. The van der Waals surface area contributed by atoms with E-state index in [0.29, 0.717) is 22.3 Å². The summed E-state index contributed by atoms with van der Waals surface area (Å²) in [6, 6.07) is 14.6. The van der Waals surface area contributed by atoms with Crippen LogP contribution in [0.1, 0.15) is 11.3 Å². The fourth-order valence-corrected chi connectivity index (χ4v) is 4.23. The van der Waals surface area contributed by atoms with Crippen LogP contribution in [0.4, 0.5) is 23.2 Å². The number of nitrogens with two attached hydrogens (primary N) is 2. The molecule has 0 atom stereocenters. The smallest absolute Gasteiger partial charge is 0.403 e. The summed E-state index contributed by atoms with van der Waals surface area (Å²) in [6.07, 6.45) is -2.16. The van der Waals surface area contributed by atoms with E-state index in [1.165, 1.54) is 24.3 Å². The zero-order valence-corrected chi connectivity index (χ0v) is 20.3. The van der Waals surface area contributed by atoms with E-state index in [9.17, 15) is 21.6 Å². The lowest BCUT2D eigenvalue weighted by Gasteiger charge is -2.26. The highest BCUT2D eigenvalue weighted by Crippen LogP contribution is 2.37. The number of alkyl halides is 3. The van der Waals surface area contributed by atoms with Crippen molar-refractivity contribution in [2.24, 2.45) is 11.6 Å². The first-order chi connectivity index (χ1) is 17.5. The molecule has 1 aromatic heterocycles. The van der Waals surface area contributed by atoms with Gasteiger partial charge in [0.1, 0.15) is 17.8 Å². The largest absolute Gasteiger partial charge is 0.434 e. The number of aromatic nitrogens is 2. The summed E-state index contributed by atoms with van der Waals surface area (Å²) >= 11 is 5.95. The molecule has 1 heterocycles. The number of thiol groups is 1. The van der Waals surface area contributed by atoms with Crippen LogP contribution in [0.15, 0.2) is 84.3 Å². The third-order valence-corrected chi connectivity index (χ3v) is 6.33. The number of halogens is 5. The van der Waals surface area contributed by atoms with Gasteiger partial charge in [-0.3, -0.25) is 5.01 Å². The third-order valence-electron chi connectivity index (χ3n) is 5.38. The molecule has 3 aromatic carbocycles. The molecular formula is C24H18ClF4N5O2S. The maximum absolute atomic E-state index is 15.6. The number of rotatable bonds is 6. The molecule has 7 nitrogen and oxygen atoms in total. The number of nitrogens with zero attached hydrogens (tertiary/aromatic N) is 3. The summed E-state index contributed by atoms with van der Waals surface area (Å²) in [4.78, 5) is 3.34. The van der Waals surface area contributed by atoms with E-state index in [-0.39, 0.29) is 27.5 Å². The highest BCUT2D eigenvalue weighted by Gasteiger charge is 2.34. The normalized spacial score (nSPS) is 12.2. The minimum absolute atomic E-state index is 0.00345. The lowest BCUT2D eigenvalue weighted by molar-refractivity contribution is -0.140. The van der Waals surface area contributed by atoms with Crippen molar-refractivity contribution >= 4 is 33.7 Å². The molecular weight excluding hydrogens is 534 g/mol. The molecule has 13 heteroatoms. The van der Waals surface area contributed by atoms with E-state index < -0.39 is 28.4 Å². The molecule has 0 amide bonds. The highest BCUT2D eigenvalue weighted by molar-refractivity contribution is 7.72. The van der Waals surface area contributed by atoms with Gasteiger partial charge in [0, 0.05) is 23.0 Å². The summed E-state index contributed by atoms with van der Waals surface area (Å²) in [5.41, 5.74) is 5.40. The summed E-state index contributed by atoms with van der Waals surface area (Å²) in [7, 11) is -2.91.